The Kier molecular flexibility index (Phi) is 6.18. The maximum absolute atomic E-state index is 14.0. The lowest BCUT2D eigenvalue weighted by Crippen LogP contribution is -2.56. The van der Waals surface area contributed by atoms with Gasteiger partial charge in [0.25, 0.3) is 0 Å². The highest BCUT2D eigenvalue weighted by Gasteiger charge is 2.33. The van der Waals surface area contributed by atoms with Gasteiger partial charge in [0.15, 0.2) is 0 Å². The Hall–Kier alpha value is -1.66. The van der Waals surface area contributed by atoms with Crippen molar-refractivity contribution < 1.29 is 14.0 Å². The largest absolute Gasteiger partial charge is 0.353 e. The van der Waals surface area contributed by atoms with Crippen molar-refractivity contribution in [2.75, 3.05) is 20.1 Å². The maximum Gasteiger partial charge on any atom is 0.237 e. The minimum atomic E-state index is -0.622. The molecule has 132 valence electrons. The summed E-state index contributed by atoms with van der Waals surface area (Å²) in [6.45, 7) is 5.03. The summed E-state index contributed by atoms with van der Waals surface area (Å²) in [7, 11) is 1.71. The third-order valence-corrected chi connectivity index (χ3v) is 4.75. The summed E-state index contributed by atoms with van der Waals surface area (Å²) < 4.78 is 14.0. The van der Waals surface area contributed by atoms with Crippen molar-refractivity contribution in [1.29, 1.82) is 0 Å². The summed E-state index contributed by atoms with van der Waals surface area (Å²) in [6.07, 6.45) is 0.0621. The molecule has 1 aromatic carbocycles. The van der Waals surface area contributed by atoms with E-state index in [2.05, 4.69) is 5.32 Å². The van der Waals surface area contributed by atoms with Gasteiger partial charge in [-0.3, -0.25) is 14.5 Å². The second-order valence-corrected chi connectivity index (χ2v) is 6.69. The van der Waals surface area contributed by atoms with Gasteiger partial charge in [0.1, 0.15) is 5.82 Å². The highest BCUT2D eigenvalue weighted by Crippen LogP contribution is 2.23. The van der Waals surface area contributed by atoms with Crippen molar-refractivity contribution in [1.82, 2.24) is 15.1 Å². The Balaban J connectivity index is 2.17. The van der Waals surface area contributed by atoms with Crippen LogP contribution in [0.25, 0.3) is 0 Å². The standard InChI is InChI=1S/C17H23ClFN3O2/c1-11(2)21(3)16(23)9-15-17(24)20-7-8-22(15)10-12-13(18)5-4-6-14(12)19/h4-6,11,15H,7-10H2,1-3H3,(H,20,24). The Morgan fingerprint density at radius 1 is 1.50 bits per heavy atom. The Morgan fingerprint density at radius 2 is 2.21 bits per heavy atom. The van der Waals surface area contributed by atoms with E-state index < -0.39 is 11.9 Å². The number of piperazine rings is 1. The molecule has 1 heterocycles. The SMILES string of the molecule is CC(C)N(C)C(=O)CC1C(=O)NCCN1Cc1c(F)cccc1Cl. The number of carbonyl (C=O) groups excluding carboxylic acids is 2. The highest BCUT2D eigenvalue weighted by molar-refractivity contribution is 6.31. The third-order valence-electron chi connectivity index (χ3n) is 4.40. The van der Waals surface area contributed by atoms with Gasteiger partial charge < -0.3 is 10.2 Å². The van der Waals surface area contributed by atoms with Crippen molar-refractivity contribution in [3.63, 3.8) is 0 Å². The van der Waals surface area contributed by atoms with Crippen molar-refractivity contribution >= 4 is 23.4 Å². The first kappa shape index (κ1) is 18.7. The summed E-state index contributed by atoms with van der Waals surface area (Å²) in [6, 6.07) is 3.94. The van der Waals surface area contributed by atoms with Gasteiger partial charge in [-0.05, 0) is 26.0 Å². The number of nitrogens with one attached hydrogen (secondary N) is 1. The zero-order valence-electron chi connectivity index (χ0n) is 14.2. The molecule has 0 radical (unpaired) electrons. The summed E-state index contributed by atoms with van der Waals surface area (Å²) >= 11 is 6.09. The Morgan fingerprint density at radius 3 is 2.83 bits per heavy atom. The van der Waals surface area contributed by atoms with Crippen LogP contribution in [0.1, 0.15) is 25.8 Å². The molecule has 1 aromatic rings. The first-order chi connectivity index (χ1) is 11.3. The molecule has 1 saturated heterocycles. The molecule has 0 bridgehead atoms. The maximum atomic E-state index is 14.0. The molecular formula is C17H23ClFN3O2. The predicted octanol–water partition coefficient (Wildman–Crippen LogP) is 2.04. The van der Waals surface area contributed by atoms with Gasteiger partial charge in [-0.2, -0.15) is 0 Å². The van der Waals surface area contributed by atoms with E-state index in [1.165, 1.54) is 6.07 Å². The van der Waals surface area contributed by atoms with Gasteiger partial charge in [0, 0.05) is 43.3 Å². The molecule has 5 nitrogen and oxygen atoms in total. The van der Waals surface area contributed by atoms with Crippen LogP contribution in [-0.4, -0.2) is 53.8 Å². The zero-order chi connectivity index (χ0) is 17.9. The molecule has 0 spiro atoms. The molecular weight excluding hydrogens is 333 g/mol. The van der Waals surface area contributed by atoms with E-state index in [-0.39, 0.29) is 30.8 Å². The normalized spacial score (nSPS) is 18.6. The van der Waals surface area contributed by atoms with Crippen molar-refractivity contribution in [3.8, 4) is 0 Å². The molecule has 24 heavy (non-hydrogen) atoms. The van der Waals surface area contributed by atoms with E-state index in [1.807, 2.05) is 18.7 Å². The second-order valence-electron chi connectivity index (χ2n) is 6.28. The van der Waals surface area contributed by atoms with Crippen LogP contribution in [0.4, 0.5) is 4.39 Å². The lowest BCUT2D eigenvalue weighted by atomic mass is 10.1. The molecule has 2 amide bonds. The van der Waals surface area contributed by atoms with Crippen molar-refractivity contribution in [2.45, 2.75) is 38.9 Å². The smallest absolute Gasteiger partial charge is 0.237 e. The van der Waals surface area contributed by atoms with Gasteiger partial charge in [-0.15, -0.1) is 0 Å². The van der Waals surface area contributed by atoms with Crippen molar-refractivity contribution in [2.24, 2.45) is 0 Å². The fourth-order valence-corrected chi connectivity index (χ4v) is 2.88. The van der Waals surface area contributed by atoms with Crippen LogP contribution in [0.5, 0.6) is 0 Å². The van der Waals surface area contributed by atoms with E-state index >= 15 is 0 Å². The molecule has 2 rings (SSSR count). The van der Waals surface area contributed by atoms with Crippen LogP contribution in [0.15, 0.2) is 18.2 Å². The van der Waals surface area contributed by atoms with Gasteiger partial charge >= 0.3 is 0 Å². The fraction of sp³-hybridized carbons (Fsp3) is 0.529. The third kappa shape index (κ3) is 4.24. The zero-order valence-corrected chi connectivity index (χ0v) is 14.9. The molecule has 0 saturated carbocycles. The van der Waals surface area contributed by atoms with Crippen LogP contribution >= 0.6 is 11.6 Å². The topological polar surface area (TPSA) is 52.7 Å². The van der Waals surface area contributed by atoms with Crippen LogP contribution in [-0.2, 0) is 16.1 Å². The number of hydrogen-bond donors (Lipinski definition) is 1. The summed E-state index contributed by atoms with van der Waals surface area (Å²) in [5.41, 5.74) is 0.350. The molecule has 1 aliphatic rings. The van der Waals surface area contributed by atoms with E-state index in [1.54, 1.807) is 24.1 Å². The quantitative estimate of drug-likeness (QED) is 0.879. The molecule has 7 heteroatoms. The average Bonchev–Trinajstić information content (AvgIpc) is 2.53. The highest BCUT2D eigenvalue weighted by atomic mass is 35.5. The fourth-order valence-electron chi connectivity index (χ4n) is 2.66. The summed E-state index contributed by atoms with van der Waals surface area (Å²) in [4.78, 5) is 28.0. The average molecular weight is 356 g/mol. The number of rotatable bonds is 5. The van der Waals surface area contributed by atoms with E-state index in [0.29, 0.717) is 23.7 Å². The lowest BCUT2D eigenvalue weighted by molar-refractivity contribution is -0.139. The van der Waals surface area contributed by atoms with Crippen LogP contribution in [0.3, 0.4) is 0 Å². The molecule has 1 N–H and O–H groups in total. The van der Waals surface area contributed by atoms with E-state index in [0.717, 1.165) is 0 Å². The van der Waals surface area contributed by atoms with Crippen LogP contribution in [0.2, 0.25) is 5.02 Å². The van der Waals surface area contributed by atoms with Crippen molar-refractivity contribution in [3.05, 3.63) is 34.6 Å². The van der Waals surface area contributed by atoms with Gasteiger partial charge in [0.2, 0.25) is 11.8 Å². The number of halogens is 2. The summed E-state index contributed by atoms with van der Waals surface area (Å²) in [5.74, 6) is -0.728. The first-order valence-electron chi connectivity index (χ1n) is 8.01. The molecule has 1 unspecified atom stereocenters. The van der Waals surface area contributed by atoms with Crippen LogP contribution < -0.4 is 5.32 Å². The molecule has 0 aliphatic carbocycles. The number of nitrogens with zero attached hydrogens (tertiary/aromatic N) is 2. The Labute approximate surface area is 146 Å². The molecule has 0 aromatic heterocycles. The van der Waals surface area contributed by atoms with E-state index in [9.17, 15) is 14.0 Å². The van der Waals surface area contributed by atoms with Gasteiger partial charge in [0.05, 0.1) is 12.5 Å². The number of hydrogen-bond acceptors (Lipinski definition) is 3. The molecule has 1 atom stereocenters. The monoisotopic (exact) mass is 355 g/mol. The summed E-state index contributed by atoms with van der Waals surface area (Å²) in [5, 5.41) is 3.10. The number of amides is 2. The predicted molar refractivity (Wildman–Crippen MR) is 91.1 cm³/mol. The minimum absolute atomic E-state index is 0.0543. The van der Waals surface area contributed by atoms with Gasteiger partial charge in [-0.25, -0.2) is 4.39 Å². The first-order valence-corrected chi connectivity index (χ1v) is 8.39. The van der Waals surface area contributed by atoms with E-state index in [4.69, 9.17) is 11.6 Å². The Bertz CT molecular complexity index is 604. The molecule has 1 fully saturated rings. The lowest BCUT2D eigenvalue weighted by Gasteiger charge is -2.36. The second kappa shape index (κ2) is 7.94. The minimum Gasteiger partial charge on any atom is -0.353 e. The number of carbonyl (C=O) groups is 2. The molecule has 1 aliphatic heterocycles. The van der Waals surface area contributed by atoms with Gasteiger partial charge in [-0.1, -0.05) is 17.7 Å². The van der Waals surface area contributed by atoms with Crippen LogP contribution in [0, 0.1) is 5.82 Å². The number of benzene rings is 1.